The number of halogens is 1. The lowest BCUT2D eigenvalue weighted by molar-refractivity contribution is 0.690. The molecular formula is C12H13BrN2S. The lowest BCUT2D eigenvalue weighted by atomic mass is 10.0. The minimum atomic E-state index is 0.218. The van der Waals surface area contributed by atoms with Gasteiger partial charge in [-0.2, -0.15) is 0 Å². The van der Waals surface area contributed by atoms with Crippen molar-refractivity contribution in [3.05, 3.63) is 50.4 Å². The molecule has 0 fully saturated rings. The summed E-state index contributed by atoms with van der Waals surface area (Å²) in [5.41, 5.74) is 2.47. The minimum Gasteiger partial charge on any atom is -0.309 e. The van der Waals surface area contributed by atoms with E-state index in [1.807, 2.05) is 13.2 Å². The molecule has 0 aromatic carbocycles. The highest BCUT2D eigenvalue weighted by molar-refractivity contribution is 9.10. The van der Waals surface area contributed by atoms with Crippen LogP contribution in [-0.2, 0) is 0 Å². The number of aryl methyl sites for hydroxylation is 1. The van der Waals surface area contributed by atoms with E-state index in [4.69, 9.17) is 0 Å². The van der Waals surface area contributed by atoms with Crippen molar-refractivity contribution in [1.29, 1.82) is 0 Å². The number of thiophene rings is 1. The molecule has 0 aliphatic carbocycles. The van der Waals surface area contributed by atoms with Gasteiger partial charge in [-0.05, 0) is 58.5 Å². The summed E-state index contributed by atoms with van der Waals surface area (Å²) in [5.74, 6) is 0. The number of nitrogens with zero attached hydrogens (tertiary/aromatic N) is 1. The van der Waals surface area contributed by atoms with Crippen molar-refractivity contribution in [2.24, 2.45) is 0 Å². The van der Waals surface area contributed by atoms with E-state index < -0.39 is 0 Å². The molecule has 0 aliphatic rings. The van der Waals surface area contributed by atoms with Crippen LogP contribution in [0.5, 0.6) is 0 Å². The van der Waals surface area contributed by atoms with Gasteiger partial charge in [0.25, 0.3) is 0 Å². The van der Waals surface area contributed by atoms with Gasteiger partial charge in [-0.1, -0.05) is 0 Å². The van der Waals surface area contributed by atoms with E-state index in [-0.39, 0.29) is 6.04 Å². The number of hydrogen-bond acceptors (Lipinski definition) is 3. The Hall–Kier alpha value is -0.710. The highest BCUT2D eigenvalue weighted by atomic mass is 79.9. The van der Waals surface area contributed by atoms with Gasteiger partial charge in [0, 0.05) is 21.7 Å². The van der Waals surface area contributed by atoms with Gasteiger partial charge in [0.05, 0.1) is 6.04 Å². The molecule has 1 unspecified atom stereocenters. The molecule has 1 N–H and O–H groups in total. The van der Waals surface area contributed by atoms with Crippen LogP contribution in [0.3, 0.4) is 0 Å². The molecule has 0 radical (unpaired) electrons. The second-order valence-corrected chi connectivity index (χ2v) is 5.68. The minimum absolute atomic E-state index is 0.218. The molecule has 84 valence electrons. The topological polar surface area (TPSA) is 24.9 Å². The Kier molecular flexibility index (Phi) is 3.74. The SMILES string of the molecule is CNC(c1cncc(Br)c1)c1csc(C)c1. The van der Waals surface area contributed by atoms with Crippen LogP contribution in [0.25, 0.3) is 0 Å². The first kappa shape index (κ1) is 11.8. The van der Waals surface area contributed by atoms with Crippen molar-refractivity contribution in [3.63, 3.8) is 0 Å². The van der Waals surface area contributed by atoms with Crippen LogP contribution in [0, 0.1) is 6.92 Å². The third kappa shape index (κ3) is 2.51. The lowest BCUT2D eigenvalue weighted by Crippen LogP contribution is -2.17. The predicted octanol–water partition coefficient (Wildman–Crippen LogP) is 3.52. The maximum absolute atomic E-state index is 4.20. The molecule has 4 heteroatoms. The fourth-order valence-electron chi connectivity index (χ4n) is 1.73. The molecule has 0 saturated carbocycles. The second-order valence-electron chi connectivity index (χ2n) is 3.65. The van der Waals surface area contributed by atoms with Crippen LogP contribution < -0.4 is 5.32 Å². The smallest absolute Gasteiger partial charge is 0.0598 e. The molecule has 1 atom stereocenters. The van der Waals surface area contributed by atoms with E-state index in [1.165, 1.54) is 16.0 Å². The maximum Gasteiger partial charge on any atom is 0.0598 e. The fourth-order valence-corrected chi connectivity index (χ4v) is 2.84. The number of aromatic nitrogens is 1. The van der Waals surface area contributed by atoms with Crippen LogP contribution >= 0.6 is 27.3 Å². The molecule has 16 heavy (non-hydrogen) atoms. The lowest BCUT2D eigenvalue weighted by Gasteiger charge is -2.15. The number of rotatable bonds is 3. The quantitative estimate of drug-likeness (QED) is 0.937. The largest absolute Gasteiger partial charge is 0.309 e. The Morgan fingerprint density at radius 3 is 2.69 bits per heavy atom. The molecule has 0 bridgehead atoms. The Balaban J connectivity index is 2.36. The zero-order chi connectivity index (χ0) is 11.5. The number of nitrogens with one attached hydrogen (secondary N) is 1. The summed E-state index contributed by atoms with van der Waals surface area (Å²) in [6.45, 7) is 2.13. The van der Waals surface area contributed by atoms with Gasteiger partial charge >= 0.3 is 0 Å². The second kappa shape index (κ2) is 5.08. The third-order valence-electron chi connectivity index (χ3n) is 2.43. The van der Waals surface area contributed by atoms with Crippen molar-refractivity contribution in [2.45, 2.75) is 13.0 Å². The summed E-state index contributed by atoms with van der Waals surface area (Å²) in [6, 6.07) is 4.53. The summed E-state index contributed by atoms with van der Waals surface area (Å²) in [4.78, 5) is 5.53. The fraction of sp³-hybridized carbons (Fsp3) is 0.250. The first-order valence-electron chi connectivity index (χ1n) is 5.03. The number of hydrogen-bond donors (Lipinski definition) is 1. The normalized spacial score (nSPS) is 12.7. The van der Waals surface area contributed by atoms with E-state index in [1.54, 1.807) is 17.5 Å². The van der Waals surface area contributed by atoms with E-state index in [0.29, 0.717) is 0 Å². The summed E-state index contributed by atoms with van der Waals surface area (Å²) < 4.78 is 1.01. The highest BCUT2D eigenvalue weighted by Crippen LogP contribution is 2.26. The van der Waals surface area contributed by atoms with Crippen LogP contribution in [0.2, 0.25) is 0 Å². The van der Waals surface area contributed by atoms with Crippen molar-refractivity contribution in [1.82, 2.24) is 10.3 Å². The van der Waals surface area contributed by atoms with Crippen molar-refractivity contribution in [3.8, 4) is 0 Å². The van der Waals surface area contributed by atoms with Crippen LogP contribution in [0.15, 0.2) is 34.4 Å². The van der Waals surface area contributed by atoms with Gasteiger partial charge < -0.3 is 5.32 Å². The predicted molar refractivity (Wildman–Crippen MR) is 71.9 cm³/mol. The van der Waals surface area contributed by atoms with Gasteiger partial charge in [-0.3, -0.25) is 4.98 Å². The van der Waals surface area contributed by atoms with E-state index >= 15 is 0 Å². The Bertz CT molecular complexity index is 481. The molecule has 0 aliphatic heterocycles. The molecule has 2 aromatic rings. The molecule has 0 spiro atoms. The molecule has 2 rings (SSSR count). The average Bonchev–Trinajstić information content (AvgIpc) is 2.66. The standard InChI is InChI=1S/C12H13BrN2S/c1-8-3-10(7-16-8)12(14-2)9-4-11(13)6-15-5-9/h3-7,12,14H,1-2H3. The highest BCUT2D eigenvalue weighted by Gasteiger charge is 2.13. The summed E-state index contributed by atoms with van der Waals surface area (Å²) in [7, 11) is 1.97. The summed E-state index contributed by atoms with van der Waals surface area (Å²) in [6.07, 6.45) is 3.70. The van der Waals surface area contributed by atoms with Gasteiger partial charge in [-0.15, -0.1) is 11.3 Å². The van der Waals surface area contributed by atoms with E-state index in [9.17, 15) is 0 Å². The van der Waals surface area contributed by atoms with Crippen molar-refractivity contribution in [2.75, 3.05) is 7.05 Å². The zero-order valence-electron chi connectivity index (χ0n) is 9.20. The molecule has 0 amide bonds. The van der Waals surface area contributed by atoms with E-state index in [2.05, 4.69) is 50.7 Å². The third-order valence-corrected chi connectivity index (χ3v) is 3.75. The summed E-state index contributed by atoms with van der Waals surface area (Å²) in [5, 5.41) is 5.51. The van der Waals surface area contributed by atoms with Crippen LogP contribution in [0.4, 0.5) is 0 Å². The van der Waals surface area contributed by atoms with Crippen molar-refractivity contribution < 1.29 is 0 Å². The molecular weight excluding hydrogens is 284 g/mol. The van der Waals surface area contributed by atoms with Crippen LogP contribution in [0.1, 0.15) is 22.0 Å². The molecule has 2 nitrogen and oxygen atoms in total. The number of pyridine rings is 1. The Morgan fingerprint density at radius 1 is 1.31 bits per heavy atom. The molecule has 2 aromatic heterocycles. The van der Waals surface area contributed by atoms with E-state index in [0.717, 1.165) is 4.47 Å². The van der Waals surface area contributed by atoms with Gasteiger partial charge in [-0.25, -0.2) is 0 Å². The summed E-state index contributed by atoms with van der Waals surface area (Å²) >= 11 is 5.22. The first-order valence-corrected chi connectivity index (χ1v) is 6.70. The maximum atomic E-state index is 4.20. The Labute approximate surface area is 108 Å². The molecule has 2 heterocycles. The van der Waals surface area contributed by atoms with Crippen molar-refractivity contribution >= 4 is 27.3 Å². The van der Waals surface area contributed by atoms with Gasteiger partial charge in [0.1, 0.15) is 0 Å². The zero-order valence-corrected chi connectivity index (χ0v) is 11.6. The van der Waals surface area contributed by atoms with Gasteiger partial charge in [0.2, 0.25) is 0 Å². The Morgan fingerprint density at radius 2 is 2.12 bits per heavy atom. The first-order chi connectivity index (χ1) is 7.70. The average molecular weight is 297 g/mol. The molecule has 0 saturated heterocycles. The van der Waals surface area contributed by atoms with Gasteiger partial charge in [0.15, 0.2) is 0 Å². The van der Waals surface area contributed by atoms with Crippen LogP contribution in [-0.4, -0.2) is 12.0 Å². The monoisotopic (exact) mass is 296 g/mol.